The van der Waals surface area contributed by atoms with Gasteiger partial charge in [-0.05, 0) is 30.4 Å². The van der Waals surface area contributed by atoms with E-state index < -0.39 is 16.3 Å². The molecule has 0 aliphatic carbocycles. The number of carbonyl (C=O) groups is 1. The van der Waals surface area contributed by atoms with E-state index in [1.807, 2.05) is 31.4 Å². The maximum Gasteiger partial charge on any atom is 0.294 e. The van der Waals surface area contributed by atoms with E-state index in [9.17, 15) is 19.7 Å². The first-order valence-electron chi connectivity index (χ1n) is 8.98. The Balaban J connectivity index is 2.03. The maximum atomic E-state index is 12.9. The van der Waals surface area contributed by atoms with Crippen molar-refractivity contribution in [1.29, 1.82) is 0 Å². The van der Waals surface area contributed by atoms with Gasteiger partial charge in [0.2, 0.25) is 5.43 Å². The molecule has 0 bridgehead atoms. The Labute approximate surface area is 171 Å². The zero-order valence-electron chi connectivity index (χ0n) is 16.2. The summed E-state index contributed by atoms with van der Waals surface area (Å²) in [5, 5.41) is 20.3. The molecule has 150 valence electrons. The van der Waals surface area contributed by atoms with Gasteiger partial charge in [0, 0.05) is 22.7 Å². The number of benzene rings is 1. The van der Waals surface area contributed by atoms with Crippen LogP contribution in [0.5, 0.6) is 0 Å². The van der Waals surface area contributed by atoms with Crippen LogP contribution in [0.25, 0.3) is 5.69 Å². The second-order valence-electron chi connectivity index (χ2n) is 6.87. The molecule has 1 N–H and O–H groups in total. The fraction of sp³-hybridized carbons (Fsp3) is 0.250. The quantitative estimate of drug-likeness (QED) is 0.491. The highest BCUT2D eigenvalue weighted by Crippen LogP contribution is 2.26. The lowest BCUT2D eigenvalue weighted by molar-refractivity contribution is -0.384. The molecule has 1 aromatic carbocycles. The summed E-state index contributed by atoms with van der Waals surface area (Å²) in [4.78, 5) is 37.1. The second-order valence-corrected chi connectivity index (χ2v) is 7.85. The number of nitro groups is 1. The van der Waals surface area contributed by atoms with Gasteiger partial charge in [-0.15, -0.1) is 11.3 Å². The number of carbonyl (C=O) groups excluding carboxylic acids is 1. The number of hydrogen-bond donors (Lipinski definition) is 1. The van der Waals surface area contributed by atoms with Crippen molar-refractivity contribution < 1.29 is 9.72 Å². The first-order chi connectivity index (χ1) is 13.8. The molecule has 0 aliphatic heterocycles. The van der Waals surface area contributed by atoms with E-state index in [0.717, 1.165) is 4.88 Å². The van der Waals surface area contributed by atoms with Gasteiger partial charge < -0.3 is 5.32 Å². The predicted molar refractivity (Wildman–Crippen MR) is 111 cm³/mol. The number of aromatic nitrogens is 2. The van der Waals surface area contributed by atoms with Gasteiger partial charge in [-0.1, -0.05) is 32.0 Å². The van der Waals surface area contributed by atoms with E-state index >= 15 is 0 Å². The molecule has 0 aliphatic rings. The largest absolute Gasteiger partial charge is 0.343 e. The number of thiophene rings is 1. The van der Waals surface area contributed by atoms with Crippen LogP contribution in [0.15, 0.2) is 52.6 Å². The third kappa shape index (κ3) is 4.24. The number of aryl methyl sites for hydroxylation is 1. The number of rotatable bonds is 6. The topological polar surface area (TPSA) is 107 Å². The van der Waals surface area contributed by atoms with Crippen LogP contribution in [0.2, 0.25) is 0 Å². The molecular formula is C20H20N4O4S. The Hall–Kier alpha value is -3.33. The number of para-hydroxylation sites is 2. The highest BCUT2D eigenvalue weighted by atomic mass is 32.1. The first-order valence-corrected chi connectivity index (χ1v) is 9.86. The Bertz CT molecular complexity index is 1110. The molecule has 29 heavy (non-hydrogen) atoms. The molecule has 8 nitrogen and oxygen atoms in total. The van der Waals surface area contributed by atoms with Gasteiger partial charge in [-0.3, -0.25) is 19.7 Å². The summed E-state index contributed by atoms with van der Waals surface area (Å²) in [5.41, 5.74) is -0.446. The summed E-state index contributed by atoms with van der Waals surface area (Å²) < 4.78 is 1.25. The zero-order valence-corrected chi connectivity index (χ0v) is 17.0. The molecular weight excluding hydrogens is 392 g/mol. The van der Waals surface area contributed by atoms with Crippen LogP contribution in [0, 0.1) is 23.0 Å². The average Bonchev–Trinajstić information content (AvgIpc) is 3.20. The van der Waals surface area contributed by atoms with E-state index in [2.05, 4.69) is 10.4 Å². The van der Waals surface area contributed by atoms with Crippen LogP contribution < -0.4 is 10.7 Å². The normalized spacial score (nSPS) is 12.0. The van der Waals surface area contributed by atoms with Gasteiger partial charge in [-0.2, -0.15) is 5.10 Å². The van der Waals surface area contributed by atoms with Gasteiger partial charge in [-0.25, -0.2) is 4.68 Å². The van der Waals surface area contributed by atoms with Crippen LogP contribution in [0.4, 0.5) is 5.69 Å². The Kier molecular flexibility index (Phi) is 5.88. The van der Waals surface area contributed by atoms with Gasteiger partial charge in [0.15, 0.2) is 5.69 Å². The number of nitro benzene ring substituents is 1. The maximum absolute atomic E-state index is 12.9. The van der Waals surface area contributed by atoms with E-state index in [1.165, 1.54) is 34.2 Å². The third-order valence-electron chi connectivity index (χ3n) is 4.43. The van der Waals surface area contributed by atoms with E-state index in [1.54, 1.807) is 19.1 Å². The summed E-state index contributed by atoms with van der Waals surface area (Å²) in [6.45, 7) is 5.55. The van der Waals surface area contributed by atoms with Crippen molar-refractivity contribution in [3.05, 3.63) is 84.4 Å². The lowest BCUT2D eigenvalue weighted by Gasteiger charge is -2.21. The number of nitrogens with one attached hydrogen (secondary N) is 1. The summed E-state index contributed by atoms with van der Waals surface area (Å²) in [6.07, 6.45) is 0. The fourth-order valence-corrected chi connectivity index (χ4v) is 3.94. The van der Waals surface area contributed by atoms with E-state index in [0.29, 0.717) is 5.69 Å². The highest BCUT2D eigenvalue weighted by Gasteiger charge is 2.24. The molecule has 9 heteroatoms. The smallest absolute Gasteiger partial charge is 0.294 e. The number of nitrogens with zero attached hydrogens (tertiary/aromatic N) is 3. The van der Waals surface area contributed by atoms with Crippen molar-refractivity contribution in [2.75, 3.05) is 0 Å². The van der Waals surface area contributed by atoms with Crippen LogP contribution in [0.3, 0.4) is 0 Å². The van der Waals surface area contributed by atoms with Gasteiger partial charge in [0.25, 0.3) is 11.6 Å². The molecule has 0 radical (unpaired) electrons. The average molecular weight is 412 g/mol. The fourth-order valence-electron chi connectivity index (χ4n) is 2.99. The lowest BCUT2D eigenvalue weighted by atomic mass is 10.0. The molecule has 1 unspecified atom stereocenters. The summed E-state index contributed by atoms with van der Waals surface area (Å²) in [6, 6.07) is 10.8. The highest BCUT2D eigenvalue weighted by molar-refractivity contribution is 7.10. The predicted octanol–water partition coefficient (Wildman–Crippen LogP) is 3.64. The minimum atomic E-state index is -0.616. The molecule has 2 heterocycles. The molecule has 0 saturated carbocycles. The lowest BCUT2D eigenvalue weighted by Crippen LogP contribution is -2.36. The molecule has 0 fully saturated rings. The second kappa shape index (κ2) is 8.36. The minimum absolute atomic E-state index is 0.0977. The van der Waals surface area contributed by atoms with Crippen molar-refractivity contribution in [3.63, 3.8) is 0 Å². The molecule has 0 saturated heterocycles. The third-order valence-corrected chi connectivity index (χ3v) is 5.39. The molecule has 3 aromatic rings. The van der Waals surface area contributed by atoms with Gasteiger partial charge in [0.05, 0.1) is 11.0 Å². The summed E-state index contributed by atoms with van der Waals surface area (Å²) >= 11 is 1.51. The number of hydrogen-bond acceptors (Lipinski definition) is 6. The molecule has 2 aromatic heterocycles. The monoisotopic (exact) mass is 412 g/mol. The van der Waals surface area contributed by atoms with Crippen LogP contribution in [0.1, 0.15) is 40.9 Å². The number of amides is 1. The molecule has 0 spiro atoms. The standard InChI is InChI=1S/C20H20N4O4S/c1-12(2)18(17-9-6-10-29-17)21-20(26)19-16(25)11-13(3)23(22-19)14-7-4-5-8-15(14)24(27)28/h4-12,18H,1-3H3,(H,21,26). The minimum Gasteiger partial charge on any atom is -0.343 e. The molecule has 1 atom stereocenters. The Morgan fingerprint density at radius 1 is 1.24 bits per heavy atom. The van der Waals surface area contributed by atoms with Crippen LogP contribution in [-0.2, 0) is 0 Å². The zero-order chi connectivity index (χ0) is 21.1. The summed E-state index contributed by atoms with van der Waals surface area (Å²) in [5.74, 6) is -0.519. The molecule has 1 amide bonds. The van der Waals surface area contributed by atoms with E-state index in [4.69, 9.17) is 0 Å². The van der Waals surface area contributed by atoms with Crippen molar-refractivity contribution >= 4 is 22.9 Å². The van der Waals surface area contributed by atoms with Crippen molar-refractivity contribution in [2.45, 2.75) is 26.8 Å². The van der Waals surface area contributed by atoms with Crippen molar-refractivity contribution in [3.8, 4) is 5.69 Å². The first kappa shape index (κ1) is 20.4. The van der Waals surface area contributed by atoms with Crippen molar-refractivity contribution in [2.24, 2.45) is 5.92 Å². The molecule has 3 rings (SSSR count). The van der Waals surface area contributed by atoms with Gasteiger partial charge in [0.1, 0.15) is 5.69 Å². The Morgan fingerprint density at radius 2 is 1.97 bits per heavy atom. The van der Waals surface area contributed by atoms with Gasteiger partial charge >= 0.3 is 0 Å². The van der Waals surface area contributed by atoms with Crippen LogP contribution >= 0.6 is 11.3 Å². The van der Waals surface area contributed by atoms with E-state index in [-0.39, 0.29) is 29.0 Å². The SMILES string of the molecule is Cc1cc(=O)c(C(=O)NC(c2cccs2)C(C)C)nn1-c1ccccc1[N+](=O)[O-]. The van der Waals surface area contributed by atoms with Crippen molar-refractivity contribution in [1.82, 2.24) is 15.1 Å². The Morgan fingerprint density at radius 3 is 2.59 bits per heavy atom. The summed E-state index contributed by atoms with van der Waals surface area (Å²) in [7, 11) is 0. The van der Waals surface area contributed by atoms with Crippen LogP contribution in [-0.4, -0.2) is 20.6 Å².